The summed E-state index contributed by atoms with van der Waals surface area (Å²) in [5.41, 5.74) is 5.02. The average molecular weight is 345 g/mol. The van der Waals surface area contributed by atoms with Gasteiger partial charge in [-0.3, -0.25) is 15.0 Å². The lowest BCUT2D eigenvalue weighted by molar-refractivity contribution is -0.140. The van der Waals surface area contributed by atoms with Crippen LogP contribution in [0.3, 0.4) is 0 Å². The van der Waals surface area contributed by atoms with E-state index in [0.717, 1.165) is 6.54 Å². The Bertz CT molecular complexity index is 413. The Labute approximate surface area is 146 Å². The summed E-state index contributed by atoms with van der Waals surface area (Å²) in [6.07, 6.45) is -0.411. The van der Waals surface area contributed by atoms with Gasteiger partial charge in [-0.2, -0.15) is 0 Å². The van der Waals surface area contributed by atoms with Crippen molar-refractivity contribution in [2.24, 2.45) is 11.1 Å². The molecule has 0 bridgehead atoms. The highest BCUT2D eigenvalue weighted by Gasteiger charge is 2.28. The van der Waals surface area contributed by atoms with Crippen LogP contribution in [0.25, 0.3) is 0 Å². The van der Waals surface area contributed by atoms with Crippen LogP contribution in [0.15, 0.2) is 0 Å². The molecule has 4 N–H and O–H groups in total. The number of carboxylic acid groups (broad SMARTS) is 1. The van der Waals surface area contributed by atoms with Crippen LogP contribution >= 0.6 is 0 Å². The van der Waals surface area contributed by atoms with Gasteiger partial charge in [0.2, 0.25) is 5.91 Å². The third kappa shape index (κ3) is 8.61. The molecular formula is C17H36N4O3. The Morgan fingerprint density at radius 3 is 2.04 bits per heavy atom. The van der Waals surface area contributed by atoms with Crippen LogP contribution in [0.5, 0.6) is 0 Å². The quantitative estimate of drug-likeness (QED) is 0.425. The molecule has 0 radical (unpaired) electrons. The summed E-state index contributed by atoms with van der Waals surface area (Å²) in [6.45, 7) is 14.6. The second kappa shape index (κ2) is 9.34. The van der Waals surface area contributed by atoms with E-state index in [0.29, 0.717) is 26.1 Å². The zero-order valence-corrected chi connectivity index (χ0v) is 16.3. The summed E-state index contributed by atoms with van der Waals surface area (Å²) < 4.78 is 0. The number of carboxylic acids is 1. The second-order valence-corrected chi connectivity index (χ2v) is 8.26. The molecule has 0 aliphatic rings. The highest BCUT2D eigenvalue weighted by Crippen LogP contribution is 2.18. The van der Waals surface area contributed by atoms with Gasteiger partial charge in [-0.25, -0.2) is 4.79 Å². The number of nitrogens with one attached hydrogen (secondary N) is 1. The molecule has 0 aromatic carbocycles. The van der Waals surface area contributed by atoms with Crippen LogP contribution in [0.4, 0.5) is 0 Å². The van der Waals surface area contributed by atoms with Crippen molar-refractivity contribution in [1.82, 2.24) is 15.1 Å². The van der Waals surface area contributed by atoms with Crippen molar-refractivity contribution < 1.29 is 14.7 Å². The van der Waals surface area contributed by atoms with Crippen LogP contribution in [0.1, 0.15) is 48.0 Å². The molecule has 0 aromatic heterocycles. The van der Waals surface area contributed by atoms with E-state index in [-0.39, 0.29) is 11.4 Å². The van der Waals surface area contributed by atoms with Gasteiger partial charge >= 0.3 is 5.97 Å². The molecule has 0 aliphatic carbocycles. The summed E-state index contributed by atoms with van der Waals surface area (Å²) in [6, 6.07) is 0. The first-order chi connectivity index (χ1) is 10.8. The van der Waals surface area contributed by atoms with Crippen LogP contribution in [-0.2, 0) is 9.59 Å². The third-order valence-electron chi connectivity index (χ3n) is 4.01. The van der Waals surface area contributed by atoms with Crippen molar-refractivity contribution in [3.63, 3.8) is 0 Å². The Kier molecular flexibility index (Phi) is 8.88. The fourth-order valence-electron chi connectivity index (χ4n) is 2.01. The molecule has 7 nitrogen and oxygen atoms in total. The van der Waals surface area contributed by atoms with Crippen molar-refractivity contribution in [3.8, 4) is 0 Å². The number of hydrogen-bond donors (Lipinski definition) is 3. The zero-order chi connectivity index (χ0) is 19.1. The number of aliphatic carboxylic acids is 1. The van der Waals surface area contributed by atoms with Crippen LogP contribution < -0.4 is 11.1 Å². The highest BCUT2D eigenvalue weighted by molar-refractivity contribution is 5.81. The van der Waals surface area contributed by atoms with Gasteiger partial charge in [0.1, 0.15) is 0 Å². The van der Waals surface area contributed by atoms with Gasteiger partial charge in [0.15, 0.2) is 6.17 Å². The van der Waals surface area contributed by atoms with E-state index >= 15 is 0 Å². The van der Waals surface area contributed by atoms with Crippen molar-refractivity contribution in [3.05, 3.63) is 0 Å². The van der Waals surface area contributed by atoms with E-state index in [9.17, 15) is 9.59 Å². The fraction of sp³-hybridized carbons (Fsp3) is 0.882. The summed E-state index contributed by atoms with van der Waals surface area (Å²) in [5.74, 6) is -0.975. The van der Waals surface area contributed by atoms with E-state index < -0.39 is 17.6 Å². The number of likely N-dealkylation sites (N-methyl/N-ethyl adjacent to an activating group) is 1. The molecule has 0 spiro atoms. The normalized spacial score (nSPS) is 13.9. The van der Waals surface area contributed by atoms with Crippen LogP contribution in [-0.4, -0.2) is 71.7 Å². The van der Waals surface area contributed by atoms with Gasteiger partial charge in [-0.15, -0.1) is 0 Å². The third-order valence-corrected chi connectivity index (χ3v) is 4.01. The number of nitrogens with two attached hydrogens (primary N) is 1. The molecule has 0 unspecified atom stereocenters. The Balaban J connectivity index is 4.61. The fourth-order valence-corrected chi connectivity index (χ4v) is 2.01. The average Bonchev–Trinajstić information content (AvgIpc) is 2.42. The number of hydrogen-bond acceptors (Lipinski definition) is 5. The van der Waals surface area contributed by atoms with E-state index in [2.05, 4.69) is 31.0 Å². The van der Waals surface area contributed by atoms with Gasteiger partial charge in [0.05, 0.1) is 0 Å². The molecule has 0 aromatic rings. The smallest absolute Gasteiger partial charge is 0.335 e. The van der Waals surface area contributed by atoms with E-state index in [1.807, 2.05) is 32.7 Å². The number of nitrogens with zero attached hydrogens (tertiary/aromatic N) is 2. The summed E-state index contributed by atoms with van der Waals surface area (Å²) in [7, 11) is 2.05. The van der Waals surface area contributed by atoms with E-state index in [1.54, 1.807) is 0 Å². The molecule has 24 heavy (non-hydrogen) atoms. The molecule has 7 heteroatoms. The molecule has 0 fully saturated rings. The van der Waals surface area contributed by atoms with Crippen molar-refractivity contribution in [2.45, 2.75) is 59.7 Å². The van der Waals surface area contributed by atoms with E-state index in [4.69, 9.17) is 10.8 Å². The maximum Gasteiger partial charge on any atom is 0.335 e. The first-order valence-corrected chi connectivity index (χ1v) is 8.49. The molecule has 0 aliphatic heterocycles. The van der Waals surface area contributed by atoms with Gasteiger partial charge in [-0.05, 0) is 40.8 Å². The molecule has 1 atom stereocenters. The molecule has 1 amide bonds. The molecule has 0 saturated heterocycles. The molecule has 0 rings (SSSR count). The van der Waals surface area contributed by atoms with Crippen LogP contribution in [0, 0.1) is 5.41 Å². The first kappa shape index (κ1) is 22.8. The number of carbonyl (C=O) groups is 2. The molecular weight excluding hydrogens is 308 g/mol. The highest BCUT2D eigenvalue weighted by atomic mass is 16.4. The lowest BCUT2D eigenvalue weighted by Crippen LogP contribution is -2.48. The largest absolute Gasteiger partial charge is 0.479 e. The zero-order valence-electron chi connectivity index (χ0n) is 16.3. The number of rotatable bonds is 9. The van der Waals surface area contributed by atoms with Crippen molar-refractivity contribution in [2.75, 3.05) is 33.2 Å². The Hall–Kier alpha value is -1.18. The van der Waals surface area contributed by atoms with Crippen molar-refractivity contribution >= 4 is 11.9 Å². The topological polar surface area (TPSA) is 98.9 Å². The lowest BCUT2D eigenvalue weighted by Gasteiger charge is -2.35. The Morgan fingerprint density at radius 2 is 1.62 bits per heavy atom. The Morgan fingerprint density at radius 1 is 1.08 bits per heavy atom. The lowest BCUT2D eigenvalue weighted by atomic mass is 9.94. The predicted octanol–water partition coefficient (Wildman–Crippen LogP) is 0.941. The second-order valence-electron chi connectivity index (χ2n) is 8.26. The van der Waals surface area contributed by atoms with Gasteiger partial charge in [0.25, 0.3) is 0 Å². The van der Waals surface area contributed by atoms with Crippen molar-refractivity contribution in [1.29, 1.82) is 0 Å². The maximum absolute atomic E-state index is 12.6. The van der Waals surface area contributed by atoms with E-state index in [1.165, 1.54) is 0 Å². The van der Waals surface area contributed by atoms with Gasteiger partial charge in [-0.1, -0.05) is 20.8 Å². The SMILES string of the molecule is CN(CCN(CCCN[C@H](N)C(=O)O)C(=O)C(C)(C)C)C(C)(C)C. The summed E-state index contributed by atoms with van der Waals surface area (Å²) in [4.78, 5) is 27.4. The first-order valence-electron chi connectivity index (χ1n) is 8.49. The number of amides is 1. The summed E-state index contributed by atoms with van der Waals surface area (Å²) >= 11 is 0. The minimum atomic E-state index is -1.08. The monoisotopic (exact) mass is 344 g/mol. The van der Waals surface area contributed by atoms with Crippen LogP contribution in [0.2, 0.25) is 0 Å². The molecule has 0 heterocycles. The predicted molar refractivity (Wildman–Crippen MR) is 96.6 cm³/mol. The minimum Gasteiger partial charge on any atom is -0.479 e. The molecule has 0 saturated carbocycles. The van der Waals surface area contributed by atoms with Gasteiger partial charge in [0, 0.05) is 30.6 Å². The summed E-state index contributed by atoms with van der Waals surface area (Å²) in [5, 5.41) is 11.5. The molecule has 142 valence electrons. The maximum atomic E-state index is 12.6. The number of carbonyl (C=O) groups excluding carboxylic acids is 1. The minimum absolute atomic E-state index is 0.0479. The standard InChI is InChI=1S/C17H36N4O3/c1-16(2,3)15(24)21(12-11-20(7)17(4,5)6)10-8-9-19-13(18)14(22)23/h13,19H,8-12,18H2,1-7H3,(H,22,23)/t13-/m0/s1. The van der Waals surface area contributed by atoms with Gasteiger partial charge < -0.3 is 15.7 Å².